The molecular formula is C14H15N3O3. The predicted molar refractivity (Wildman–Crippen MR) is 72.5 cm³/mol. The van der Waals surface area contributed by atoms with E-state index < -0.39 is 11.9 Å². The number of hydrogen-bond acceptors (Lipinski definition) is 3. The molecule has 1 aromatic carbocycles. The summed E-state index contributed by atoms with van der Waals surface area (Å²) in [6, 6.07) is 9.19. The fourth-order valence-corrected chi connectivity index (χ4v) is 1.90. The molecule has 104 valence electrons. The van der Waals surface area contributed by atoms with E-state index in [0.717, 1.165) is 5.56 Å². The molecule has 1 amide bonds. The van der Waals surface area contributed by atoms with Crippen LogP contribution in [0.3, 0.4) is 0 Å². The third-order valence-corrected chi connectivity index (χ3v) is 2.92. The van der Waals surface area contributed by atoms with Gasteiger partial charge in [-0.05, 0) is 12.5 Å². The van der Waals surface area contributed by atoms with E-state index in [9.17, 15) is 9.59 Å². The van der Waals surface area contributed by atoms with Gasteiger partial charge in [0.15, 0.2) is 5.69 Å². The van der Waals surface area contributed by atoms with Crippen LogP contribution in [0, 0.1) is 0 Å². The zero-order chi connectivity index (χ0) is 14.7. The highest BCUT2D eigenvalue weighted by atomic mass is 16.4. The van der Waals surface area contributed by atoms with Gasteiger partial charge in [-0.15, -0.1) is 0 Å². The molecule has 2 rings (SSSR count). The normalized spacial score (nSPS) is 11.9. The molecule has 0 aliphatic heterocycles. The number of benzene rings is 1. The van der Waals surface area contributed by atoms with Crippen molar-refractivity contribution >= 4 is 11.9 Å². The first-order valence-corrected chi connectivity index (χ1v) is 6.11. The average Bonchev–Trinajstić information content (AvgIpc) is 2.82. The summed E-state index contributed by atoms with van der Waals surface area (Å²) in [5.74, 6) is -1.67. The van der Waals surface area contributed by atoms with Gasteiger partial charge in [0, 0.05) is 13.2 Å². The second-order valence-corrected chi connectivity index (χ2v) is 4.48. The van der Waals surface area contributed by atoms with Crippen molar-refractivity contribution in [3.63, 3.8) is 0 Å². The Morgan fingerprint density at radius 2 is 1.95 bits per heavy atom. The minimum absolute atomic E-state index is 0.0808. The van der Waals surface area contributed by atoms with Crippen molar-refractivity contribution in [1.29, 1.82) is 0 Å². The number of aromatic carboxylic acids is 1. The smallest absolute Gasteiger partial charge is 0.339 e. The lowest BCUT2D eigenvalue weighted by atomic mass is 10.1. The van der Waals surface area contributed by atoms with Crippen LogP contribution in [0.15, 0.2) is 36.5 Å². The Labute approximate surface area is 116 Å². The minimum atomic E-state index is -1.17. The third kappa shape index (κ3) is 2.85. The first-order chi connectivity index (χ1) is 9.49. The molecule has 0 radical (unpaired) electrons. The molecule has 20 heavy (non-hydrogen) atoms. The van der Waals surface area contributed by atoms with E-state index in [-0.39, 0.29) is 17.3 Å². The average molecular weight is 273 g/mol. The van der Waals surface area contributed by atoms with Gasteiger partial charge in [0.25, 0.3) is 5.91 Å². The lowest BCUT2D eigenvalue weighted by Crippen LogP contribution is -2.28. The maximum absolute atomic E-state index is 12.1. The fourth-order valence-electron chi connectivity index (χ4n) is 1.90. The summed E-state index contributed by atoms with van der Waals surface area (Å²) in [6.07, 6.45) is 1.31. The number of carboxylic acids is 1. The molecule has 0 spiro atoms. The predicted octanol–water partition coefficient (Wildman–Crippen LogP) is 1.61. The maximum atomic E-state index is 12.1. The lowest BCUT2D eigenvalue weighted by molar-refractivity contribution is 0.0690. The van der Waals surface area contributed by atoms with E-state index in [0.29, 0.717) is 0 Å². The molecule has 0 fully saturated rings. The van der Waals surface area contributed by atoms with E-state index >= 15 is 0 Å². The van der Waals surface area contributed by atoms with Gasteiger partial charge in [0.05, 0.1) is 6.04 Å². The van der Waals surface area contributed by atoms with Crippen molar-refractivity contribution in [2.75, 3.05) is 0 Å². The van der Waals surface area contributed by atoms with Gasteiger partial charge in [-0.2, -0.15) is 5.10 Å². The number of carbonyl (C=O) groups excluding carboxylic acids is 1. The summed E-state index contributed by atoms with van der Waals surface area (Å²) in [7, 11) is 1.57. The highest BCUT2D eigenvalue weighted by Gasteiger charge is 2.22. The molecule has 0 saturated heterocycles. The fraction of sp³-hybridized carbons (Fsp3) is 0.214. The zero-order valence-corrected chi connectivity index (χ0v) is 11.2. The summed E-state index contributed by atoms with van der Waals surface area (Å²) in [5.41, 5.74) is 0.752. The summed E-state index contributed by atoms with van der Waals surface area (Å²) >= 11 is 0. The van der Waals surface area contributed by atoms with Crippen LogP contribution < -0.4 is 5.32 Å². The second-order valence-electron chi connectivity index (χ2n) is 4.48. The van der Waals surface area contributed by atoms with Gasteiger partial charge in [-0.1, -0.05) is 30.3 Å². The minimum Gasteiger partial charge on any atom is -0.478 e. The van der Waals surface area contributed by atoms with E-state index in [1.807, 2.05) is 37.3 Å². The Kier molecular flexibility index (Phi) is 3.84. The molecule has 0 aliphatic carbocycles. The molecule has 6 heteroatoms. The lowest BCUT2D eigenvalue weighted by Gasteiger charge is -2.13. The zero-order valence-electron chi connectivity index (χ0n) is 11.2. The molecule has 1 aromatic heterocycles. The van der Waals surface area contributed by atoms with Crippen LogP contribution in [0.5, 0.6) is 0 Å². The highest BCUT2D eigenvalue weighted by molar-refractivity contribution is 6.03. The van der Waals surface area contributed by atoms with Gasteiger partial charge in [0.1, 0.15) is 5.56 Å². The molecule has 0 bridgehead atoms. The number of nitrogens with zero attached hydrogens (tertiary/aromatic N) is 2. The van der Waals surface area contributed by atoms with Crippen LogP contribution in [0.4, 0.5) is 0 Å². The van der Waals surface area contributed by atoms with Gasteiger partial charge in [-0.3, -0.25) is 9.48 Å². The molecule has 1 atom stereocenters. The molecule has 1 heterocycles. The number of rotatable bonds is 4. The Hall–Kier alpha value is -2.63. The first-order valence-electron chi connectivity index (χ1n) is 6.11. The summed E-state index contributed by atoms with van der Waals surface area (Å²) in [5, 5.41) is 15.7. The van der Waals surface area contributed by atoms with E-state index in [4.69, 9.17) is 5.11 Å². The van der Waals surface area contributed by atoms with E-state index in [2.05, 4.69) is 10.4 Å². The molecule has 0 unspecified atom stereocenters. The van der Waals surface area contributed by atoms with Gasteiger partial charge < -0.3 is 10.4 Å². The van der Waals surface area contributed by atoms with Crippen LogP contribution in [0.2, 0.25) is 0 Å². The largest absolute Gasteiger partial charge is 0.478 e. The SMILES string of the molecule is C[C@@H](NC(=O)c1nn(C)cc1C(=O)O)c1ccccc1. The first kappa shape index (κ1) is 13.8. The number of amides is 1. The summed E-state index contributed by atoms with van der Waals surface area (Å²) < 4.78 is 1.31. The number of nitrogens with one attached hydrogen (secondary N) is 1. The number of aryl methyl sites for hydroxylation is 1. The van der Waals surface area contributed by atoms with Crippen LogP contribution >= 0.6 is 0 Å². The monoisotopic (exact) mass is 273 g/mol. The molecule has 2 aromatic rings. The summed E-state index contributed by atoms with van der Waals surface area (Å²) in [6.45, 7) is 1.83. The van der Waals surface area contributed by atoms with Gasteiger partial charge in [-0.25, -0.2) is 4.79 Å². The van der Waals surface area contributed by atoms with Crippen molar-refractivity contribution in [2.24, 2.45) is 7.05 Å². The van der Waals surface area contributed by atoms with Crippen molar-refractivity contribution in [3.05, 3.63) is 53.3 Å². The number of carbonyl (C=O) groups is 2. The molecular weight excluding hydrogens is 258 g/mol. The van der Waals surface area contributed by atoms with E-state index in [1.165, 1.54) is 10.9 Å². The van der Waals surface area contributed by atoms with Crippen LogP contribution in [0.25, 0.3) is 0 Å². The molecule has 2 N–H and O–H groups in total. The Balaban J connectivity index is 2.19. The number of aromatic nitrogens is 2. The Morgan fingerprint density at radius 1 is 1.30 bits per heavy atom. The number of hydrogen-bond donors (Lipinski definition) is 2. The standard InChI is InChI=1S/C14H15N3O3/c1-9(10-6-4-3-5-7-10)15-13(18)12-11(14(19)20)8-17(2)16-12/h3-9H,1-2H3,(H,15,18)(H,19,20)/t9-/m1/s1. The van der Waals surface area contributed by atoms with Crippen molar-refractivity contribution < 1.29 is 14.7 Å². The quantitative estimate of drug-likeness (QED) is 0.886. The van der Waals surface area contributed by atoms with Crippen LogP contribution in [0.1, 0.15) is 39.4 Å². The summed E-state index contributed by atoms with van der Waals surface area (Å²) in [4.78, 5) is 23.2. The topological polar surface area (TPSA) is 84.2 Å². The van der Waals surface area contributed by atoms with Gasteiger partial charge >= 0.3 is 5.97 Å². The molecule has 0 aliphatic rings. The van der Waals surface area contributed by atoms with E-state index in [1.54, 1.807) is 7.05 Å². The maximum Gasteiger partial charge on any atom is 0.339 e. The molecule has 0 saturated carbocycles. The number of carboxylic acid groups (broad SMARTS) is 1. The van der Waals surface area contributed by atoms with Gasteiger partial charge in [0.2, 0.25) is 0 Å². The van der Waals surface area contributed by atoms with Crippen molar-refractivity contribution in [2.45, 2.75) is 13.0 Å². The highest BCUT2D eigenvalue weighted by Crippen LogP contribution is 2.13. The third-order valence-electron chi connectivity index (χ3n) is 2.92. The van der Waals surface area contributed by atoms with Crippen LogP contribution in [-0.4, -0.2) is 26.8 Å². The van der Waals surface area contributed by atoms with Crippen molar-refractivity contribution in [3.8, 4) is 0 Å². The Morgan fingerprint density at radius 3 is 2.55 bits per heavy atom. The van der Waals surface area contributed by atoms with Crippen molar-refractivity contribution in [1.82, 2.24) is 15.1 Å². The molecule has 6 nitrogen and oxygen atoms in total. The van der Waals surface area contributed by atoms with Crippen LogP contribution in [-0.2, 0) is 7.05 Å². The Bertz CT molecular complexity index is 634. The second kappa shape index (κ2) is 5.56.